The lowest BCUT2D eigenvalue weighted by Crippen LogP contribution is -2.35. The fourth-order valence-corrected chi connectivity index (χ4v) is 2.23. The third-order valence-electron chi connectivity index (χ3n) is 3.05. The third-order valence-corrected chi connectivity index (χ3v) is 4.07. The van der Waals surface area contributed by atoms with E-state index in [0.717, 1.165) is 23.9 Å². The van der Waals surface area contributed by atoms with Crippen LogP contribution in [0.3, 0.4) is 0 Å². The maximum absolute atomic E-state index is 11.6. The lowest BCUT2D eigenvalue weighted by atomic mass is 10.1. The molecule has 0 aromatic carbocycles. The molecule has 1 saturated heterocycles. The number of aliphatic carboxylic acids is 1. The van der Waals surface area contributed by atoms with Crippen LogP contribution in [0.25, 0.3) is 0 Å². The molecule has 1 saturated carbocycles. The maximum atomic E-state index is 11.6. The molecule has 5 nitrogen and oxygen atoms in total. The Balaban J connectivity index is 1.79. The van der Waals surface area contributed by atoms with Gasteiger partial charge in [0.1, 0.15) is 6.04 Å². The Morgan fingerprint density at radius 2 is 2.35 bits per heavy atom. The van der Waals surface area contributed by atoms with E-state index in [1.807, 2.05) is 0 Å². The summed E-state index contributed by atoms with van der Waals surface area (Å²) >= 11 is 0.829. The van der Waals surface area contributed by atoms with Gasteiger partial charge >= 0.3 is 5.97 Å². The van der Waals surface area contributed by atoms with Crippen LogP contribution in [-0.4, -0.2) is 34.4 Å². The standard InChI is InChI=1S/C11H15NO4S/c1-6-3-7(6)4-8(9(13)14)12-17-10(15)11(2)5-16-11/h7-8,12H,1,3-5H2,2H3,(H,13,14). The van der Waals surface area contributed by atoms with Crippen molar-refractivity contribution in [3.63, 3.8) is 0 Å². The number of hydrogen-bond donors (Lipinski definition) is 2. The zero-order valence-electron chi connectivity index (χ0n) is 9.56. The van der Waals surface area contributed by atoms with E-state index >= 15 is 0 Å². The van der Waals surface area contributed by atoms with Crippen LogP contribution >= 0.6 is 11.9 Å². The average molecular weight is 257 g/mol. The highest BCUT2D eigenvalue weighted by Gasteiger charge is 2.47. The van der Waals surface area contributed by atoms with E-state index in [-0.39, 0.29) is 11.0 Å². The molecule has 0 amide bonds. The summed E-state index contributed by atoms with van der Waals surface area (Å²) < 4.78 is 7.69. The first-order chi connectivity index (χ1) is 7.92. The molecule has 17 heavy (non-hydrogen) atoms. The van der Waals surface area contributed by atoms with Gasteiger partial charge in [0, 0.05) is 0 Å². The van der Waals surface area contributed by atoms with E-state index in [9.17, 15) is 9.59 Å². The van der Waals surface area contributed by atoms with E-state index in [1.165, 1.54) is 0 Å². The van der Waals surface area contributed by atoms with Crippen molar-refractivity contribution in [2.75, 3.05) is 6.61 Å². The Morgan fingerprint density at radius 3 is 2.76 bits per heavy atom. The first kappa shape index (κ1) is 12.6. The van der Waals surface area contributed by atoms with Crippen LogP contribution in [0, 0.1) is 5.92 Å². The van der Waals surface area contributed by atoms with Crippen LogP contribution < -0.4 is 4.72 Å². The maximum Gasteiger partial charge on any atom is 0.321 e. The summed E-state index contributed by atoms with van der Waals surface area (Å²) in [7, 11) is 0. The quantitative estimate of drug-likeness (QED) is 0.419. The zero-order chi connectivity index (χ0) is 12.6. The van der Waals surface area contributed by atoms with Crippen molar-refractivity contribution in [2.45, 2.75) is 31.4 Å². The number of carboxylic acids is 1. The first-order valence-corrected chi connectivity index (χ1v) is 6.25. The predicted molar refractivity (Wildman–Crippen MR) is 63.4 cm³/mol. The molecule has 0 aromatic heterocycles. The molecule has 2 aliphatic rings. The molecule has 0 radical (unpaired) electrons. The van der Waals surface area contributed by atoms with Gasteiger partial charge in [0.05, 0.1) is 6.61 Å². The van der Waals surface area contributed by atoms with Crippen molar-refractivity contribution in [2.24, 2.45) is 5.92 Å². The summed E-state index contributed by atoms with van der Waals surface area (Å²) in [6, 6.07) is -0.712. The van der Waals surface area contributed by atoms with Gasteiger partial charge in [-0.1, -0.05) is 12.2 Å². The number of hydrogen-bond acceptors (Lipinski definition) is 5. The third kappa shape index (κ3) is 3.08. The summed E-state index contributed by atoms with van der Waals surface area (Å²) in [5.41, 5.74) is 0.371. The minimum atomic E-state index is -0.938. The minimum absolute atomic E-state index is 0.168. The van der Waals surface area contributed by atoms with E-state index in [2.05, 4.69) is 11.3 Å². The van der Waals surface area contributed by atoms with Gasteiger partial charge in [0.25, 0.3) is 0 Å². The zero-order valence-corrected chi connectivity index (χ0v) is 10.4. The van der Waals surface area contributed by atoms with E-state index in [1.54, 1.807) is 6.92 Å². The highest BCUT2D eigenvalue weighted by atomic mass is 32.2. The normalized spacial score (nSPS) is 32.1. The Labute approximate surface area is 104 Å². The highest BCUT2D eigenvalue weighted by Crippen LogP contribution is 2.40. The van der Waals surface area contributed by atoms with Crippen LogP contribution in [-0.2, 0) is 14.3 Å². The van der Waals surface area contributed by atoms with Crippen LogP contribution in [0.4, 0.5) is 0 Å². The van der Waals surface area contributed by atoms with Gasteiger partial charge in [0.2, 0.25) is 5.12 Å². The number of ether oxygens (including phenoxy) is 1. The molecular weight excluding hydrogens is 242 g/mol. The molecule has 94 valence electrons. The summed E-state index contributed by atoms with van der Waals surface area (Å²) in [6.07, 6.45) is 1.39. The largest absolute Gasteiger partial charge is 0.480 e. The van der Waals surface area contributed by atoms with Gasteiger partial charge in [-0.25, -0.2) is 4.72 Å². The highest BCUT2D eigenvalue weighted by molar-refractivity contribution is 8.12. The smallest absolute Gasteiger partial charge is 0.321 e. The number of nitrogens with one attached hydrogen (secondary N) is 1. The molecule has 1 aliphatic heterocycles. The van der Waals surface area contributed by atoms with Crippen LogP contribution in [0.1, 0.15) is 19.8 Å². The average Bonchev–Trinajstić information content (AvgIpc) is 3.14. The first-order valence-electron chi connectivity index (χ1n) is 5.43. The van der Waals surface area contributed by atoms with Crippen molar-refractivity contribution >= 4 is 23.0 Å². The number of carbonyl (C=O) groups excluding carboxylic acids is 1. The van der Waals surface area contributed by atoms with Crippen LogP contribution in [0.15, 0.2) is 12.2 Å². The number of epoxide rings is 1. The fourth-order valence-electron chi connectivity index (χ4n) is 1.45. The van der Waals surface area contributed by atoms with Gasteiger partial charge in [-0.3, -0.25) is 9.59 Å². The van der Waals surface area contributed by atoms with E-state index in [4.69, 9.17) is 9.84 Å². The fraction of sp³-hybridized carbons (Fsp3) is 0.636. The molecule has 2 rings (SSSR count). The van der Waals surface area contributed by atoms with Crippen molar-refractivity contribution < 1.29 is 19.4 Å². The molecule has 1 aliphatic carbocycles. The second-order valence-corrected chi connectivity index (χ2v) is 5.52. The number of carbonyl (C=O) groups is 2. The second-order valence-electron chi connectivity index (χ2n) is 4.71. The van der Waals surface area contributed by atoms with Gasteiger partial charge in [-0.05, 0) is 37.6 Å². The molecule has 0 spiro atoms. The van der Waals surface area contributed by atoms with Gasteiger partial charge in [-0.15, -0.1) is 0 Å². The molecule has 0 aromatic rings. The summed E-state index contributed by atoms with van der Waals surface area (Å²) in [5, 5.41) is 8.85. The summed E-state index contributed by atoms with van der Waals surface area (Å²) in [4.78, 5) is 22.6. The molecule has 3 unspecified atom stereocenters. The molecule has 2 N–H and O–H groups in total. The SMILES string of the molecule is C=C1CC1CC(NSC(=O)C1(C)CO1)C(=O)O. The van der Waals surface area contributed by atoms with Gasteiger partial charge in [-0.2, -0.15) is 0 Å². The number of rotatable bonds is 6. The summed E-state index contributed by atoms with van der Waals surface area (Å²) in [5.74, 6) is -0.654. The Kier molecular flexibility index (Phi) is 3.29. The van der Waals surface area contributed by atoms with Gasteiger partial charge in [0.15, 0.2) is 5.60 Å². The molecule has 1 heterocycles. The molecular formula is C11H15NO4S. The summed E-state index contributed by atoms with van der Waals surface area (Å²) in [6.45, 7) is 5.90. The monoisotopic (exact) mass is 257 g/mol. The number of carboxylic acid groups (broad SMARTS) is 1. The van der Waals surface area contributed by atoms with Crippen molar-refractivity contribution in [1.82, 2.24) is 4.72 Å². The molecule has 0 bridgehead atoms. The second kappa shape index (κ2) is 4.44. The lowest BCUT2D eigenvalue weighted by molar-refractivity contribution is -0.139. The molecule has 6 heteroatoms. The van der Waals surface area contributed by atoms with Crippen molar-refractivity contribution in [3.8, 4) is 0 Å². The molecule has 2 fully saturated rings. The lowest BCUT2D eigenvalue weighted by Gasteiger charge is -2.13. The predicted octanol–water partition coefficient (Wildman–Crippen LogP) is 0.959. The topological polar surface area (TPSA) is 78.9 Å². The van der Waals surface area contributed by atoms with Crippen molar-refractivity contribution in [3.05, 3.63) is 12.2 Å². The Hall–Kier alpha value is -0.850. The number of allylic oxidation sites excluding steroid dienone is 1. The van der Waals surface area contributed by atoms with Crippen LogP contribution in [0.5, 0.6) is 0 Å². The minimum Gasteiger partial charge on any atom is -0.480 e. The van der Waals surface area contributed by atoms with Crippen molar-refractivity contribution in [1.29, 1.82) is 0 Å². The van der Waals surface area contributed by atoms with Gasteiger partial charge < -0.3 is 9.84 Å². The van der Waals surface area contributed by atoms with Crippen LogP contribution in [0.2, 0.25) is 0 Å². The molecule has 3 atom stereocenters. The Morgan fingerprint density at radius 1 is 1.76 bits per heavy atom. The van der Waals surface area contributed by atoms with E-state index in [0.29, 0.717) is 13.0 Å². The Bertz CT molecular complexity index is 378. The van der Waals surface area contributed by atoms with E-state index < -0.39 is 17.6 Å².